The van der Waals surface area contributed by atoms with Crippen LogP contribution in [0.1, 0.15) is 58.8 Å². The van der Waals surface area contributed by atoms with Crippen LogP contribution < -0.4 is 0 Å². The molecule has 6 heteroatoms. The fourth-order valence-electron chi connectivity index (χ4n) is 3.95. The maximum atomic E-state index is 11.9. The number of likely N-dealkylation sites (tertiary alicyclic amines) is 1. The summed E-state index contributed by atoms with van der Waals surface area (Å²) in [6.07, 6.45) is 4.45. The van der Waals surface area contributed by atoms with Crippen molar-refractivity contribution in [2.45, 2.75) is 59.0 Å². The second-order valence-corrected chi connectivity index (χ2v) is 8.09. The molecular formula is C18H30BrN3O2. The molecule has 1 N–H and O–H groups in total. The Bertz CT molecular complexity index is 548. The van der Waals surface area contributed by atoms with Gasteiger partial charge in [-0.25, -0.2) is 4.98 Å². The number of halogens is 1. The molecule has 5 atom stereocenters. The fourth-order valence-corrected chi connectivity index (χ4v) is 4.26. The molecule has 0 radical (unpaired) electrons. The Balaban J connectivity index is 2.21. The zero-order valence-corrected chi connectivity index (χ0v) is 17.0. The molecule has 0 aliphatic carbocycles. The molecule has 5 nitrogen and oxygen atoms in total. The average Bonchev–Trinajstić information content (AvgIpc) is 3.16. The number of aromatic amines is 1. The number of aromatic nitrogens is 2. The highest BCUT2D eigenvalue weighted by molar-refractivity contribution is 9.10. The topological polar surface area (TPSA) is 58.2 Å². The molecule has 2 heterocycles. The molecule has 0 saturated carbocycles. The van der Waals surface area contributed by atoms with Crippen molar-refractivity contribution in [1.82, 2.24) is 14.9 Å². The zero-order valence-electron chi connectivity index (χ0n) is 15.4. The van der Waals surface area contributed by atoms with Crippen molar-refractivity contribution in [3.63, 3.8) is 0 Å². The summed E-state index contributed by atoms with van der Waals surface area (Å²) in [6, 6.07) is 0.586. The van der Waals surface area contributed by atoms with Crippen molar-refractivity contribution in [3.8, 4) is 0 Å². The third-order valence-electron chi connectivity index (χ3n) is 5.58. The van der Waals surface area contributed by atoms with Crippen LogP contribution in [-0.2, 0) is 9.53 Å². The van der Waals surface area contributed by atoms with Gasteiger partial charge in [-0.1, -0.05) is 27.2 Å². The summed E-state index contributed by atoms with van der Waals surface area (Å²) >= 11 is 3.46. The monoisotopic (exact) mass is 399 g/mol. The van der Waals surface area contributed by atoms with E-state index < -0.39 is 0 Å². The summed E-state index contributed by atoms with van der Waals surface area (Å²) in [5.41, 5.74) is 0. The van der Waals surface area contributed by atoms with Crippen molar-refractivity contribution >= 4 is 21.9 Å². The van der Waals surface area contributed by atoms with E-state index in [9.17, 15) is 4.79 Å². The Morgan fingerprint density at radius 1 is 1.54 bits per heavy atom. The SMILES string of the molecule is CC[C@H](C)[C@H](CC(=O)OC)C(C)N1C[C@@H](C)C[C@H]1c1ncc(Br)[nH]1. The molecule has 0 bridgehead atoms. The Morgan fingerprint density at radius 3 is 2.79 bits per heavy atom. The molecule has 1 aliphatic rings. The van der Waals surface area contributed by atoms with Gasteiger partial charge in [-0.05, 0) is 47.0 Å². The van der Waals surface area contributed by atoms with E-state index in [-0.39, 0.29) is 17.9 Å². The van der Waals surface area contributed by atoms with Crippen LogP contribution in [-0.4, -0.2) is 40.5 Å². The first-order chi connectivity index (χ1) is 11.4. The Morgan fingerprint density at radius 2 is 2.25 bits per heavy atom. The van der Waals surface area contributed by atoms with Crippen LogP contribution in [0.2, 0.25) is 0 Å². The van der Waals surface area contributed by atoms with Crippen LogP contribution in [0.4, 0.5) is 0 Å². The molecule has 2 rings (SSSR count). The summed E-state index contributed by atoms with van der Waals surface area (Å²) in [7, 11) is 1.47. The standard InChI is InChI=1S/C18H30BrN3O2/c1-6-12(3)14(8-17(23)24-5)13(4)22-10-11(2)7-15(22)18-20-9-16(19)21-18/h9,11-15H,6-8,10H2,1-5H3,(H,20,21)/t11-,12-,13?,14-,15-/m0/s1. The highest BCUT2D eigenvalue weighted by Crippen LogP contribution is 2.39. The fraction of sp³-hybridized carbons (Fsp3) is 0.778. The van der Waals surface area contributed by atoms with E-state index in [1.54, 1.807) is 0 Å². The number of carbonyl (C=O) groups is 1. The molecule has 0 aromatic carbocycles. The molecule has 1 saturated heterocycles. The Hall–Kier alpha value is -0.880. The molecule has 136 valence electrons. The molecule has 0 spiro atoms. The number of hydrogen-bond donors (Lipinski definition) is 1. The van der Waals surface area contributed by atoms with Crippen molar-refractivity contribution in [3.05, 3.63) is 16.6 Å². The van der Waals surface area contributed by atoms with Crippen molar-refractivity contribution < 1.29 is 9.53 Å². The smallest absolute Gasteiger partial charge is 0.305 e. The first-order valence-electron chi connectivity index (χ1n) is 8.90. The summed E-state index contributed by atoms with van der Waals surface area (Å²) in [5.74, 6) is 2.28. The Kier molecular flexibility index (Phi) is 6.87. The lowest BCUT2D eigenvalue weighted by atomic mass is 9.82. The van der Waals surface area contributed by atoms with Crippen molar-refractivity contribution in [1.29, 1.82) is 0 Å². The lowest BCUT2D eigenvalue weighted by molar-refractivity contribution is -0.143. The maximum absolute atomic E-state index is 11.9. The van der Waals surface area contributed by atoms with Gasteiger partial charge < -0.3 is 9.72 Å². The Labute approximate surface area is 153 Å². The molecule has 1 aromatic rings. The number of esters is 1. The molecular weight excluding hydrogens is 370 g/mol. The number of imidazole rings is 1. The van der Waals surface area contributed by atoms with E-state index in [1.807, 2.05) is 6.20 Å². The van der Waals surface area contributed by atoms with Gasteiger partial charge in [0.15, 0.2) is 0 Å². The largest absolute Gasteiger partial charge is 0.469 e. The minimum Gasteiger partial charge on any atom is -0.469 e. The van der Waals surface area contributed by atoms with Gasteiger partial charge in [0, 0.05) is 12.6 Å². The number of ether oxygens (including phenoxy) is 1. The second-order valence-electron chi connectivity index (χ2n) is 7.24. The number of H-pyrrole nitrogens is 1. The minimum atomic E-state index is -0.114. The minimum absolute atomic E-state index is 0.114. The maximum Gasteiger partial charge on any atom is 0.305 e. The summed E-state index contributed by atoms with van der Waals surface area (Å²) in [4.78, 5) is 22.3. The van der Waals surface area contributed by atoms with E-state index in [4.69, 9.17) is 4.74 Å². The summed E-state index contributed by atoms with van der Waals surface area (Å²) in [6.45, 7) is 10.0. The van der Waals surface area contributed by atoms with Crippen molar-refractivity contribution in [2.75, 3.05) is 13.7 Å². The third kappa shape index (κ3) is 4.39. The number of carbonyl (C=O) groups excluding carboxylic acids is 1. The predicted octanol–water partition coefficient (Wildman–Crippen LogP) is 4.17. The zero-order chi connectivity index (χ0) is 17.9. The van der Waals surface area contributed by atoms with Gasteiger partial charge in [0.25, 0.3) is 0 Å². The van der Waals surface area contributed by atoms with E-state index in [0.717, 1.165) is 29.8 Å². The molecule has 1 aliphatic heterocycles. The van der Waals surface area contributed by atoms with Crippen LogP contribution in [0.3, 0.4) is 0 Å². The first-order valence-corrected chi connectivity index (χ1v) is 9.69. The number of nitrogens with zero attached hydrogens (tertiary/aromatic N) is 2. The van der Waals surface area contributed by atoms with Gasteiger partial charge in [0.1, 0.15) is 10.4 Å². The van der Waals surface area contributed by atoms with Crippen LogP contribution in [0.5, 0.6) is 0 Å². The van der Waals surface area contributed by atoms with E-state index in [0.29, 0.717) is 24.3 Å². The van der Waals surface area contributed by atoms with Crippen LogP contribution in [0, 0.1) is 17.8 Å². The first kappa shape index (κ1) is 19.4. The highest BCUT2D eigenvalue weighted by Gasteiger charge is 2.39. The lowest BCUT2D eigenvalue weighted by Crippen LogP contribution is -2.42. The van der Waals surface area contributed by atoms with Crippen LogP contribution >= 0.6 is 15.9 Å². The van der Waals surface area contributed by atoms with E-state index >= 15 is 0 Å². The van der Waals surface area contributed by atoms with E-state index in [1.165, 1.54) is 7.11 Å². The van der Waals surface area contributed by atoms with Crippen LogP contribution in [0.15, 0.2) is 10.8 Å². The quantitative estimate of drug-likeness (QED) is 0.698. The molecule has 1 aromatic heterocycles. The number of rotatable bonds is 7. The van der Waals surface area contributed by atoms with Gasteiger partial charge in [0.2, 0.25) is 0 Å². The average molecular weight is 400 g/mol. The molecule has 1 unspecified atom stereocenters. The predicted molar refractivity (Wildman–Crippen MR) is 98.6 cm³/mol. The highest BCUT2D eigenvalue weighted by atomic mass is 79.9. The van der Waals surface area contributed by atoms with Gasteiger partial charge in [-0.2, -0.15) is 0 Å². The second kappa shape index (κ2) is 8.48. The summed E-state index contributed by atoms with van der Waals surface area (Å²) in [5, 5.41) is 0. The lowest BCUT2D eigenvalue weighted by Gasteiger charge is -2.37. The normalized spacial score (nSPS) is 25.4. The van der Waals surface area contributed by atoms with Crippen molar-refractivity contribution in [2.24, 2.45) is 17.8 Å². The summed E-state index contributed by atoms with van der Waals surface area (Å²) < 4.78 is 5.86. The van der Waals surface area contributed by atoms with Gasteiger partial charge in [-0.15, -0.1) is 0 Å². The number of hydrogen-bond acceptors (Lipinski definition) is 4. The molecule has 24 heavy (non-hydrogen) atoms. The molecule has 1 fully saturated rings. The molecule has 0 amide bonds. The third-order valence-corrected chi connectivity index (χ3v) is 5.98. The van der Waals surface area contributed by atoms with Gasteiger partial charge in [0.05, 0.1) is 25.8 Å². The van der Waals surface area contributed by atoms with E-state index in [2.05, 4.69) is 58.5 Å². The van der Waals surface area contributed by atoms with Crippen LogP contribution in [0.25, 0.3) is 0 Å². The number of methoxy groups -OCH3 is 1. The van der Waals surface area contributed by atoms with Gasteiger partial charge in [-0.3, -0.25) is 9.69 Å². The van der Waals surface area contributed by atoms with Gasteiger partial charge >= 0.3 is 5.97 Å². The number of nitrogens with one attached hydrogen (secondary N) is 1.